The van der Waals surface area contributed by atoms with Crippen molar-refractivity contribution in [2.24, 2.45) is 0 Å². The van der Waals surface area contributed by atoms with Crippen molar-refractivity contribution in [3.8, 4) is 0 Å². The smallest absolute Gasteiger partial charge is 1.00 e. The second kappa shape index (κ2) is 5.72. The summed E-state index contributed by atoms with van der Waals surface area (Å²) in [5.74, 6) is 0. The van der Waals surface area contributed by atoms with E-state index in [4.69, 9.17) is 19.2 Å². The average molecular weight is 148 g/mol. The summed E-state index contributed by atoms with van der Waals surface area (Å²) >= 11 is 0. The van der Waals surface area contributed by atoms with Crippen LogP contribution in [0.1, 0.15) is 1.43 Å². The van der Waals surface area contributed by atoms with E-state index in [2.05, 4.69) is 0 Å². The van der Waals surface area contributed by atoms with Crippen LogP contribution in [0.15, 0.2) is 0 Å². The van der Waals surface area contributed by atoms with Crippen LogP contribution in [0.4, 0.5) is 0 Å². The van der Waals surface area contributed by atoms with E-state index in [0.717, 1.165) is 0 Å². The zero-order valence-corrected chi connectivity index (χ0v) is 8.41. The maximum absolute atomic E-state index is 7.33. The second-order valence-corrected chi connectivity index (χ2v) is 1.80. The largest absolute Gasteiger partial charge is 1.00 e. The molecule has 0 aliphatic rings. The van der Waals surface area contributed by atoms with Crippen molar-refractivity contribution >= 4 is 26.4 Å². The van der Waals surface area contributed by atoms with E-state index < -0.39 is 9.05 Å². The molecule has 4 nitrogen and oxygen atoms in total. The van der Waals surface area contributed by atoms with Gasteiger partial charge in [0.1, 0.15) is 0 Å². The molecule has 0 amide bonds. The first-order valence-electron chi connectivity index (χ1n) is 0.894. The van der Waals surface area contributed by atoms with Gasteiger partial charge in [-0.2, -0.15) is 0 Å². The van der Waals surface area contributed by atoms with E-state index in [1.807, 2.05) is 0 Å². The Bertz CT molecular complexity index is 31.5. The Morgan fingerprint density at radius 1 is 1.00 bits per heavy atom. The number of hydrogen-bond acceptors (Lipinski definition) is 4. The fourth-order valence-corrected chi connectivity index (χ4v) is 0. The van der Waals surface area contributed by atoms with E-state index >= 15 is 0 Å². The average Bonchev–Trinajstić information content (AvgIpc) is 0.722. The number of hydrogen-bond donors (Lipinski definition) is 4. The van der Waals surface area contributed by atoms with Crippen LogP contribution in [0.3, 0.4) is 0 Å². The molecule has 7 heavy (non-hydrogen) atoms. The van der Waals surface area contributed by atoms with Gasteiger partial charge in [0.25, 0.3) is 0 Å². The van der Waals surface area contributed by atoms with Crippen molar-refractivity contribution in [2.75, 3.05) is 0 Å². The molecule has 0 rings (SSSR count). The summed E-state index contributed by atoms with van der Waals surface area (Å²) in [5.41, 5.74) is 0. The molecule has 0 saturated carbocycles. The Morgan fingerprint density at radius 2 is 1.00 bits per heavy atom. The summed E-state index contributed by atoms with van der Waals surface area (Å²) in [4.78, 5) is 29.3. The third-order valence-electron chi connectivity index (χ3n) is 0. The van der Waals surface area contributed by atoms with Crippen LogP contribution >= 0.6 is 0 Å². The van der Waals surface area contributed by atoms with Crippen LogP contribution in [0.25, 0.3) is 0 Å². The van der Waals surface area contributed by atoms with Crippen LogP contribution < -0.4 is 29.6 Å². The van der Waals surface area contributed by atoms with Gasteiger partial charge >= 0.3 is 38.6 Å². The van der Waals surface area contributed by atoms with Gasteiger partial charge in [0.15, 0.2) is 0 Å². The molecule has 0 atom stereocenters. The molecule has 0 aromatic rings. The quantitative estimate of drug-likeness (QED) is 0.258. The topological polar surface area (TPSA) is 80.9 Å². The van der Waals surface area contributed by atoms with Gasteiger partial charge in [-0.05, 0) is 0 Å². The molecule has 0 aliphatic carbocycles. The molecule has 0 heterocycles. The molecule has 0 spiro atoms. The van der Waals surface area contributed by atoms with Gasteiger partial charge in [-0.25, -0.2) is 0 Å². The van der Waals surface area contributed by atoms with Crippen molar-refractivity contribution in [2.45, 2.75) is 0 Å². The zero-order chi connectivity index (χ0) is 4.50. The van der Waals surface area contributed by atoms with E-state index in [1.165, 1.54) is 0 Å². The van der Waals surface area contributed by atoms with Crippen LogP contribution in [0, 0.1) is 0 Å². The summed E-state index contributed by atoms with van der Waals surface area (Å²) in [6.07, 6.45) is 0. The predicted molar refractivity (Wildman–Crippen MR) is 22.9 cm³/mol. The first kappa shape index (κ1) is 15.8. The summed E-state index contributed by atoms with van der Waals surface area (Å²) in [6, 6.07) is 0. The summed E-state index contributed by atoms with van der Waals surface area (Å²) in [7, 11) is -4.61. The van der Waals surface area contributed by atoms with Crippen molar-refractivity contribution in [1.82, 2.24) is 0 Å². The SMILES string of the molecule is O[Si](O)(O)O.[AlH].[H-].[Na+]. The molecule has 2 radical (unpaired) electrons. The summed E-state index contributed by atoms with van der Waals surface area (Å²) in [5, 5.41) is 0. The van der Waals surface area contributed by atoms with E-state index in [1.54, 1.807) is 0 Å². The fourth-order valence-electron chi connectivity index (χ4n) is 0. The monoisotopic (exact) mass is 148 g/mol. The van der Waals surface area contributed by atoms with Crippen LogP contribution in [0.2, 0.25) is 0 Å². The minimum absolute atomic E-state index is 0. The van der Waals surface area contributed by atoms with E-state index in [9.17, 15) is 0 Å². The Morgan fingerprint density at radius 3 is 1.00 bits per heavy atom. The first-order valence-corrected chi connectivity index (χ1v) is 2.68. The van der Waals surface area contributed by atoms with Crippen molar-refractivity contribution < 1.29 is 50.2 Å². The standard InChI is InChI=1S/Al.Na.H4O4Si.2H/c;;1-5(2,3)4;;/h;;1-4H;;/q;+1;;;-1. The Balaban J connectivity index is -0.0000000267. The van der Waals surface area contributed by atoms with Crippen molar-refractivity contribution in [1.29, 1.82) is 0 Å². The molecule has 7 heteroatoms. The maximum atomic E-state index is 7.33. The Hall–Kier alpha value is 1.59. The molecule has 0 unspecified atom stereocenters. The summed E-state index contributed by atoms with van der Waals surface area (Å²) in [6.45, 7) is 0. The second-order valence-electron chi connectivity index (χ2n) is 0.600. The molecule has 0 aromatic heterocycles. The van der Waals surface area contributed by atoms with Crippen molar-refractivity contribution in [3.63, 3.8) is 0 Å². The zero-order valence-electron chi connectivity index (χ0n) is 5.00. The molecule has 0 saturated heterocycles. The molecule has 38 valence electrons. The predicted octanol–water partition coefficient (Wildman–Crippen LogP) is -6.14. The first-order chi connectivity index (χ1) is 2.00. The Labute approximate surface area is 76.2 Å². The van der Waals surface area contributed by atoms with Crippen LogP contribution in [0.5, 0.6) is 0 Å². The van der Waals surface area contributed by atoms with Gasteiger partial charge in [0, 0.05) is 0 Å². The molecule has 0 aromatic carbocycles. The molecular formula is H6AlNaO4Si. The third kappa shape index (κ3) is 93.9. The molecule has 0 aliphatic heterocycles. The van der Waals surface area contributed by atoms with E-state index in [-0.39, 0.29) is 48.3 Å². The van der Waals surface area contributed by atoms with Gasteiger partial charge in [0.05, 0.1) is 17.4 Å². The van der Waals surface area contributed by atoms with Gasteiger partial charge in [-0.3, -0.25) is 0 Å². The fraction of sp³-hybridized carbons (Fsp3) is 0. The summed E-state index contributed by atoms with van der Waals surface area (Å²) < 4.78 is 0. The normalized spacial score (nSPS) is 8.57. The van der Waals surface area contributed by atoms with Gasteiger partial charge in [-0.1, -0.05) is 0 Å². The molecule has 0 bridgehead atoms. The van der Waals surface area contributed by atoms with Gasteiger partial charge in [-0.15, -0.1) is 0 Å². The molecular weight excluding hydrogens is 142 g/mol. The van der Waals surface area contributed by atoms with Crippen LogP contribution in [-0.4, -0.2) is 45.6 Å². The molecule has 4 N–H and O–H groups in total. The minimum atomic E-state index is -4.61. The number of rotatable bonds is 0. The van der Waals surface area contributed by atoms with Crippen molar-refractivity contribution in [3.05, 3.63) is 0 Å². The van der Waals surface area contributed by atoms with E-state index in [0.29, 0.717) is 0 Å². The Kier molecular flexibility index (Phi) is 12.9. The van der Waals surface area contributed by atoms with Gasteiger partial charge < -0.3 is 20.6 Å². The molecule has 0 fully saturated rings. The van der Waals surface area contributed by atoms with Crippen LogP contribution in [-0.2, 0) is 0 Å². The maximum Gasteiger partial charge on any atom is 1.00 e. The third-order valence-corrected chi connectivity index (χ3v) is 0. The minimum Gasteiger partial charge on any atom is -1.00 e. The van der Waals surface area contributed by atoms with Gasteiger partial charge in [0.2, 0.25) is 0 Å².